The number of hydrogen-bond donors (Lipinski definition) is 0. The van der Waals surface area contributed by atoms with Crippen molar-refractivity contribution in [1.82, 2.24) is 9.78 Å². The van der Waals surface area contributed by atoms with E-state index in [1.165, 1.54) is 19.3 Å². The minimum Gasteiger partial charge on any atom is -0.473 e. The van der Waals surface area contributed by atoms with E-state index in [2.05, 4.69) is 5.10 Å². The third-order valence-electron chi connectivity index (χ3n) is 4.65. The maximum absolute atomic E-state index is 14.1. The summed E-state index contributed by atoms with van der Waals surface area (Å²) in [5, 5.41) is 4.57. The Bertz CT molecular complexity index is 773. The maximum atomic E-state index is 14.1. The van der Waals surface area contributed by atoms with Crippen LogP contribution >= 0.6 is 0 Å². The van der Waals surface area contributed by atoms with Gasteiger partial charge in [-0.3, -0.25) is 0 Å². The number of benzene rings is 1. The smallest absolute Gasteiger partial charge is 0.212 e. The van der Waals surface area contributed by atoms with Crippen molar-refractivity contribution < 1.29 is 16.3 Å². The van der Waals surface area contributed by atoms with Crippen LogP contribution in [-0.2, 0) is 19.5 Å². The standard InChI is InChI=1S/C20H26F2N2O/c1-2-6-18-12-20(24(23-18)13-15-7-4-3-5-8-15)25-14-16-11-17(21)9-10-19(16)22/h9-12,15H,2-8,13-14H2,1H3/i14D2. The van der Waals surface area contributed by atoms with Crippen LogP contribution in [0.15, 0.2) is 24.3 Å². The summed E-state index contributed by atoms with van der Waals surface area (Å²) in [4.78, 5) is 0. The fourth-order valence-corrected chi connectivity index (χ4v) is 3.34. The lowest BCUT2D eigenvalue weighted by molar-refractivity contribution is 0.242. The maximum Gasteiger partial charge on any atom is 0.212 e. The minimum absolute atomic E-state index is 0.262. The highest BCUT2D eigenvalue weighted by atomic mass is 19.1. The average Bonchev–Trinajstić information content (AvgIpc) is 2.98. The van der Waals surface area contributed by atoms with Gasteiger partial charge in [0.2, 0.25) is 5.88 Å². The van der Waals surface area contributed by atoms with Crippen molar-refractivity contribution in [2.24, 2.45) is 5.92 Å². The van der Waals surface area contributed by atoms with Gasteiger partial charge in [0.1, 0.15) is 18.2 Å². The van der Waals surface area contributed by atoms with E-state index in [4.69, 9.17) is 7.48 Å². The minimum atomic E-state index is -2.50. The molecular weight excluding hydrogens is 322 g/mol. The van der Waals surface area contributed by atoms with E-state index in [-0.39, 0.29) is 5.88 Å². The zero-order valence-electron chi connectivity index (χ0n) is 16.6. The Balaban J connectivity index is 1.86. The molecule has 3 nitrogen and oxygen atoms in total. The lowest BCUT2D eigenvalue weighted by Gasteiger charge is -2.22. The van der Waals surface area contributed by atoms with Gasteiger partial charge < -0.3 is 4.74 Å². The summed E-state index contributed by atoms with van der Waals surface area (Å²) in [5.74, 6) is -0.806. The Hall–Kier alpha value is -1.91. The molecule has 1 saturated carbocycles. The summed E-state index contributed by atoms with van der Waals surface area (Å²) in [6, 6.07) is 4.42. The van der Waals surface area contributed by atoms with E-state index >= 15 is 0 Å². The highest BCUT2D eigenvalue weighted by Gasteiger charge is 2.18. The van der Waals surface area contributed by atoms with Crippen LogP contribution in [0.1, 0.15) is 59.4 Å². The molecule has 1 aromatic carbocycles. The van der Waals surface area contributed by atoms with Crippen molar-refractivity contribution in [1.29, 1.82) is 0 Å². The molecule has 25 heavy (non-hydrogen) atoms. The predicted molar refractivity (Wildman–Crippen MR) is 93.5 cm³/mol. The second-order valence-electron chi connectivity index (χ2n) is 6.74. The summed E-state index contributed by atoms with van der Waals surface area (Å²) in [6.07, 6.45) is 7.54. The Morgan fingerprint density at radius 1 is 1.24 bits per heavy atom. The molecule has 0 aliphatic heterocycles. The van der Waals surface area contributed by atoms with Crippen LogP contribution in [0.25, 0.3) is 0 Å². The lowest BCUT2D eigenvalue weighted by Crippen LogP contribution is -2.16. The highest BCUT2D eigenvalue weighted by Crippen LogP contribution is 2.27. The van der Waals surface area contributed by atoms with E-state index in [0.717, 1.165) is 49.6 Å². The zero-order valence-corrected chi connectivity index (χ0v) is 14.6. The van der Waals surface area contributed by atoms with Crippen molar-refractivity contribution >= 4 is 0 Å². The Morgan fingerprint density at radius 3 is 2.80 bits per heavy atom. The van der Waals surface area contributed by atoms with Crippen LogP contribution in [0.2, 0.25) is 0 Å². The number of rotatable bonds is 7. The van der Waals surface area contributed by atoms with Crippen LogP contribution in [0.5, 0.6) is 5.88 Å². The molecule has 0 bridgehead atoms. The van der Waals surface area contributed by atoms with Crippen molar-refractivity contribution in [3.05, 3.63) is 47.2 Å². The molecule has 136 valence electrons. The van der Waals surface area contributed by atoms with Gasteiger partial charge in [0.25, 0.3) is 0 Å². The first kappa shape index (κ1) is 15.4. The van der Waals surface area contributed by atoms with Gasteiger partial charge >= 0.3 is 0 Å². The van der Waals surface area contributed by atoms with Gasteiger partial charge in [0.05, 0.1) is 8.44 Å². The molecule has 0 atom stereocenters. The van der Waals surface area contributed by atoms with Crippen molar-refractivity contribution in [2.75, 3.05) is 0 Å². The summed E-state index contributed by atoms with van der Waals surface area (Å²) in [6.45, 7) is 0.197. The fraction of sp³-hybridized carbons (Fsp3) is 0.550. The van der Waals surface area contributed by atoms with E-state index < -0.39 is 23.8 Å². The zero-order chi connectivity index (χ0) is 19.4. The first-order chi connectivity index (χ1) is 12.9. The van der Waals surface area contributed by atoms with E-state index in [0.29, 0.717) is 12.5 Å². The van der Waals surface area contributed by atoms with Gasteiger partial charge in [-0.15, -0.1) is 0 Å². The van der Waals surface area contributed by atoms with Gasteiger partial charge in [-0.25, -0.2) is 13.5 Å². The Kier molecular flexibility index (Phi) is 5.19. The van der Waals surface area contributed by atoms with Gasteiger partial charge in [0.15, 0.2) is 0 Å². The average molecular weight is 350 g/mol. The van der Waals surface area contributed by atoms with Crippen molar-refractivity contribution in [3.8, 4) is 5.88 Å². The Labute approximate surface area is 150 Å². The second kappa shape index (κ2) is 8.45. The summed E-state index contributed by atoms with van der Waals surface area (Å²) in [5.41, 5.74) is 0.365. The largest absolute Gasteiger partial charge is 0.473 e. The van der Waals surface area contributed by atoms with Gasteiger partial charge in [-0.05, 0) is 43.4 Å². The number of ether oxygens (including phenoxy) is 1. The number of nitrogens with zero attached hydrogens (tertiary/aromatic N) is 2. The number of halogens is 2. The van der Waals surface area contributed by atoms with E-state index in [1.807, 2.05) is 6.92 Å². The van der Waals surface area contributed by atoms with Gasteiger partial charge in [-0.2, -0.15) is 5.10 Å². The van der Waals surface area contributed by atoms with Crippen molar-refractivity contribution in [3.63, 3.8) is 0 Å². The van der Waals surface area contributed by atoms with Crippen LogP contribution in [0.4, 0.5) is 8.78 Å². The third-order valence-corrected chi connectivity index (χ3v) is 4.65. The molecule has 0 radical (unpaired) electrons. The topological polar surface area (TPSA) is 27.1 Å². The molecule has 3 rings (SSSR count). The molecule has 1 aliphatic carbocycles. The van der Waals surface area contributed by atoms with Crippen LogP contribution in [0.3, 0.4) is 0 Å². The SMILES string of the molecule is [2H]C([2H])(Oc1cc(CCC)nn1CC1CCCCC1)c1cc(F)ccc1F. The first-order valence-electron chi connectivity index (χ1n) is 10.1. The third kappa shape index (κ3) is 4.80. The molecule has 0 N–H and O–H groups in total. The van der Waals surface area contributed by atoms with Crippen molar-refractivity contribution in [2.45, 2.75) is 65.0 Å². The lowest BCUT2D eigenvalue weighted by atomic mass is 9.89. The quantitative estimate of drug-likeness (QED) is 0.680. The molecule has 1 aromatic heterocycles. The normalized spacial score (nSPS) is 17.2. The number of aromatic nitrogens is 2. The summed E-state index contributed by atoms with van der Waals surface area (Å²) >= 11 is 0. The van der Waals surface area contributed by atoms with E-state index in [1.54, 1.807) is 10.7 Å². The summed E-state index contributed by atoms with van der Waals surface area (Å²) < 4.78 is 51.1. The molecule has 0 saturated heterocycles. The molecule has 1 heterocycles. The van der Waals surface area contributed by atoms with Crippen LogP contribution in [-0.4, -0.2) is 9.78 Å². The molecule has 1 fully saturated rings. The molecule has 1 aliphatic rings. The second-order valence-corrected chi connectivity index (χ2v) is 6.74. The van der Waals surface area contributed by atoms with E-state index in [9.17, 15) is 8.78 Å². The monoisotopic (exact) mass is 350 g/mol. The molecule has 0 spiro atoms. The van der Waals surface area contributed by atoms with Crippen LogP contribution in [0, 0.1) is 17.6 Å². The van der Waals surface area contributed by atoms with Gasteiger partial charge in [-0.1, -0.05) is 32.6 Å². The van der Waals surface area contributed by atoms with Gasteiger partial charge in [0, 0.05) is 18.2 Å². The molecule has 5 heteroatoms. The summed E-state index contributed by atoms with van der Waals surface area (Å²) in [7, 11) is 0. The van der Waals surface area contributed by atoms with Crippen LogP contribution < -0.4 is 4.74 Å². The molecule has 0 amide bonds. The molecule has 2 aromatic rings. The first-order valence-corrected chi connectivity index (χ1v) is 9.10. The molecular formula is C20H26F2N2O. The number of hydrogen-bond acceptors (Lipinski definition) is 2. The molecule has 0 unspecified atom stereocenters. The predicted octanol–water partition coefficient (Wildman–Crippen LogP) is 5.27. The Morgan fingerprint density at radius 2 is 2.04 bits per heavy atom. The number of aryl methyl sites for hydroxylation is 1. The highest BCUT2D eigenvalue weighted by molar-refractivity contribution is 5.21. The fourth-order valence-electron chi connectivity index (χ4n) is 3.34.